The summed E-state index contributed by atoms with van der Waals surface area (Å²) in [6.07, 6.45) is 3.33. The van der Waals surface area contributed by atoms with Crippen LogP contribution in [-0.4, -0.2) is 66.6 Å². The van der Waals surface area contributed by atoms with Crippen molar-refractivity contribution in [3.63, 3.8) is 0 Å². The zero-order valence-electron chi connectivity index (χ0n) is 15.8. The van der Waals surface area contributed by atoms with Gasteiger partial charge in [0.05, 0.1) is 11.2 Å². The minimum atomic E-state index is 0.700. The summed E-state index contributed by atoms with van der Waals surface area (Å²) in [5, 5.41) is 1.32. The Morgan fingerprint density at radius 3 is 2.60 bits per heavy atom. The number of piperazine rings is 1. The molecule has 1 aromatic carbocycles. The average Bonchev–Trinajstić information content (AvgIpc) is 3.11. The van der Waals surface area contributed by atoms with E-state index in [-0.39, 0.29) is 0 Å². The van der Waals surface area contributed by atoms with E-state index in [1.807, 2.05) is 0 Å². The molecule has 4 heteroatoms. The molecule has 4 nitrogen and oxygen atoms in total. The Morgan fingerprint density at radius 1 is 1.04 bits per heavy atom. The fourth-order valence-electron chi connectivity index (χ4n) is 4.56. The maximum absolute atomic E-state index is 4.70. The molecule has 0 aliphatic carbocycles. The predicted molar refractivity (Wildman–Crippen MR) is 106 cm³/mol. The Hall–Kier alpha value is -1.65. The van der Waals surface area contributed by atoms with Gasteiger partial charge in [0.1, 0.15) is 0 Å². The molecule has 25 heavy (non-hydrogen) atoms. The lowest BCUT2D eigenvalue weighted by Crippen LogP contribution is -2.50. The monoisotopic (exact) mass is 338 g/mol. The van der Waals surface area contributed by atoms with Gasteiger partial charge in [-0.15, -0.1) is 0 Å². The van der Waals surface area contributed by atoms with Gasteiger partial charge in [0, 0.05) is 56.9 Å². The second-order valence-electron chi connectivity index (χ2n) is 7.62. The van der Waals surface area contributed by atoms with Crippen LogP contribution >= 0.6 is 0 Å². The third-order valence-corrected chi connectivity index (χ3v) is 6.10. The van der Waals surface area contributed by atoms with E-state index in [4.69, 9.17) is 4.98 Å². The second-order valence-corrected chi connectivity index (χ2v) is 7.62. The number of anilines is 1. The molecule has 2 fully saturated rings. The first-order valence-corrected chi connectivity index (χ1v) is 9.73. The van der Waals surface area contributed by atoms with Gasteiger partial charge in [-0.2, -0.15) is 0 Å². The molecule has 0 unspecified atom stereocenters. The first kappa shape index (κ1) is 16.8. The van der Waals surface area contributed by atoms with Crippen LogP contribution in [0, 0.1) is 13.8 Å². The molecule has 2 aliphatic rings. The van der Waals surface area contributed by atoms with Crippen molar-refractivity contribution in [1.29, 1.82) is 0 Å². The lowest BCUT2D eigenvalue weighted by molar-refractivity contribution is 0.107. The normalized spacial score (nSPS) is 22.8. The van der Waals surface area contributed by atoms with Crippen LogP contribution in [0.25, 0.3) is 10.9 Å². The Bertz CT molecular complexity index is 749. The minimum absolute atomic E-state index is 0.700. The van der Waals surface area contributed by atoms with Crippen molar-refractivity contribution in [3.8, 4) is 0 Å². The van der Waals surface area contributed by atoms with Crippen LogP contribution in [0.15, 0.2) is 24.4 Å². The molecule has 2 aliphatic heterocycles. The minimum Gasteiger partial charge on any atom is -0.369 e. The lowest BCUT2D eigenvalue weighted by atomic mass is 10.1. The molecule has 0 N–H and O–H groups in total. The molecule has 2 aromatic rings. The molecule has 1 atom stereocenters. The van der Waals surface area contributed by atoms with E-state index in [1.54, 1.807) is 0 Å². The number of likely N-dealkylation sites (N-methyl/N-ethyl adjacent to an activating group) is 1. The van der Waals surface area contributed by atoms with E-state index in [0.29, 0.717) is 6.04 Å². The summed E-state index contributed by atoms with van der Waals surface area (Å²) < 4.78 is 0. The van der Waals surface area contributed by atoms with Gasteiger partial charge in [-0.1, -0.05) is 25.1 Å². The standard InChI is InChI=1S/C21H30N4/c1-4-23-10-12-24(13-11-23)18-8-9-25(15-18)21-17(3)14-22-20-16(2)6-5-7-19(20)21/h5-7,14,18H,4,8-13,15H2,1-3H3/t18-/m1/s1. The molecule has 1 aromatic heterocycles. The fraction of sp³-hybridized carbons (Fsp3) is 0.571. The van der Waals surface area contributed by atoms with Gasteiger partial charge in [-0.25, -0.2) is 0 Å². The van der Waals surface area contributed by atoms with Crippen LogP contribution < -0.4 is 4.90 Å². The van der Waals surface area contributed by atoms with Crippen LogP contribution in [0.3, 0.4) is 0 Å². The van der Waals surface area contributed by atoms with E-state index in [1.165, 1.54) is 61.3 Å². The summed E-state index contributed by atoms with van der Waals surface area (Å²) in [5.74, 6) is 0. The second kappa shape index (κ2) is 6.93. The number of rotatable bonds is 3. The highest BCUT2D eigenvalue weighted by Gasteiger charge is 2.31. The van der Waals surface area contributed by atoms with E-state index < -0.39 is 0 Å². The third kappa shape index (κ3) is 3.13. The van der Waals surface area contributed by atoms with Crippen molar-refractivity contribution in [3.05, 3.63) is 35.5 Å². The molecule has 0 bridgehead atoms. The van der Waals surface area contributed by atoms with Gasteiger partial charge in [-0.3, -0.25) is 9.88 Å². The number of hydrogen-bond acceptors (Lipinski definition) is 4. The number of para-hydroxylation sites is 1. The van der Waals surface area contributed by atoms with Crippen LogP contribution in [0.2, 0.25) is 0 Å². The Labute approximate surface area is 151 Å². The number of nitrogens with zero attached hydrogens (tertiary/aromatic N) is 4. The highest BCUT2D eigenvalue weighted by Crippen LogP contribution is 2.33. The smallest absolute Gasteiger partial charge is 0.0752 e. The van der Waals surface area contributed by atoms with Gasteiger partial charge in [0.15, 0.2) is 0 Å². The van der Waals surface area contributed by atoms with Crippen LogP contribution in [-0.2, 0) is 0 Å². The quantitative estimate of drug-likeness (QED) is 0.858. The van der Waals surface area contributed by atoms with Crippen molar-refractivity contribution in [2.45, 2.75) is 33.2 Å². The topological polar surface area (TPSA) is 22.6 Å². The molecule has 4 rings (SSSR count). The van der Waals surface area contributed by atoms with Crippen molar-refractivity contribution in [2.75, 3.05) is 50.7 Å². The summed E-state index contributed by atoms with van der Waals surface area (Å²) >= 11 is 0. The van der Waals surface area contributed by atoms with E-state index in [9.17, 15) is 0 Å². The first-order valence-electron chi connectivity index (χ1n) is 9.73. The van der Waals surface area contributed by atoms with E-state index in [2.05, 4.69) is 59.9 Å². The Balaban J connectivity index is 1.55. The lowest BCUT2D eigenvalue weighted by Gasteiger charge is -2.37. The van der Waals surface area contributed by atoms with Crippen LogP contribution in [0.1, 0.15) is 24.5 Å². The predicted octanol–water partition coefficient (Wildman–Crippen LogP) is 3.07. The maximum Gasteiger partial charge on any atom is 0.0752 e. The highest BCUT2D eigenvalue weighted by molar-refractivity contribution is 5.95. The van der Waals surface area contributed by atoms with Gasteiger partial charge < -0.3 is 9.80 Å². The van der Waals surface area contributed by atoms with Gasteiger partial charge in [0.25, 0.3) is 0 Å². The molecular weight excluding hydrogens is 308 g/mol. The molecule has 2 saturated heterocycles. The number of pyridine rings is 1. The molecule has 0 spiro atoms. The zero-order chi connectivity index (χ0) is 17.4. The molecule has 0 radical (unpaired) electrons. The Morgan fingerprint density at radius 2 is 1.84 bits per heavy atom. The zero-order valence-corrected chi connectivity index (χ0v) is 15.8. The van der Waals surface area contributed by atoms with Crippen molar-refractivity contribution >= 4 is 16.6 Å². The number of hydrogen-bond donors (Lipinski definition) is 0. The van der Waals surface area contributed by atoms with Crippen molar-refractivity contribution < 1.29 is 0 Å². The van der Waals surface area contributed by atoms with E-state index in [0.717, 1.165) is 18.6 Å². The molecular formula is C21H30N4. The van der Waals surface area contributed by atoms with Crippen molar-refractivity contribution in [2.24, 2.45) is 0 Å². The van der Waals surface area contributed by atoms with Crippen LogP contribution in [0.4, 0.5) is 5.69 Å². The van der Waals surface area contributed by atoms with Gasteiger partial charge in [0.2, 0.25) is 0 Å². The van der Waals surface area contributed by atoms with Gasteiger partial charge in [-0.05, 0) is 37.9 Å². The third-order valence-electron chi connectivity index (χ3n) is 6.10. The van der Waals surface area contributed by atoms with Crippen molar-refractivity contribution in [1.82, 2.24) is 14.8 Å². The number of benzene rings is 1. The summed E-state index contributed by atoms with van der Waals surface area (Å²) in [4.78, 5) is 12.6. The van der Waals surface area contributed by atoms with E-state index >= 15 is 0 Å². The summed E-state index contributed by atoms with van der Waals surface area (Å²) in [5.41, 5.74) is 5.13. The van der Waals surface area contributed by atoms with Crippen LogP contribution in [0.5, 0.6) is 0 Å². The summed E-state index contributed by atoms with van der Waals surface area (Å²) in [6.45, 7) is 15.0. The van der Waals surface area contributed by atoms with Gasteiger partial charge >= 0.3 is 0 Å². The fourth-order valence-corrected chi connectivity index (χ4v) is 4.56. The molecule has 0 amide bonds. The highest BCUT2D eigenvalue weighted by atomic mass is 15.3. The average molecular weight is 338 g/mol. The molecule has 0 saturated carbocycles. The number of aryl methyl sites for hydroxylation is 2. The number of aromatic nitrogens is 1. The maximum atomic E-state index is 4.70. The summed E-state index contributed by atoms with van der Waals surface area (Å²) in [6, 6.07) is 7.27. The number of fused-ring (bicyclic) bond motifs is 1. The molecule has 3 heterocycles. The first-order chi connectivity index (χ1) is 12.2. The largest absolute Gasteiger partial charge is 0.369 e. The summed E-state index contributed by atoms with van der Waals surface area (Å²) in [7, 11) is 0. The Kier molecular flexibility index (Phi) is 4.65. The SMILES string of the molecule is CCN1CCN([C@@H]2CCN(c3c(C)cnc4c(C)cccc34)C2)CC1. The molecule has 134 valence electrons.